The van der Waals surface area contributed by atoms with Gasteiger partial charge in [0, 0.05) is 20.5 Å². The lowest BCUT2D eigenvalue weighted by molar-refractivity contribution is -0.147. The first-order chi connectivity index (χ1) is 8.66. The smallest absolute Gasteiger partial charge is 0.302 e. The molecule has 1 atom stereocenters. The lowest BCUT2D eigenvalue weighted by Crippen LogP contribution is -2.20. The van der Waals surface area contributed by atoms with Gasteiger partial charge in [0.05, 0.1) is 6.61 Å². The molecule has 0 N–H and O–H groups in total. The van der Waals surface area contributed by atoms with Crippen molar-refractivity contribution in [3.63, 3.8) is 0 Å². The Morgan fingerprint density at radius 1 is 1.42 bits per heavy atom. The van der Waals surface area contributed by atoms with Crippen LogP contribution < -0.4 is 0 Å². The van der Waals surface area contributed by atoms with Crippen molar-refractivity contribution in [3.05, 3.63) is 11.6 Å². The Bertz CT molecular complexity index is 342. The second-order valence-electron chi connectivity index (χ2n) is 5.85. The van der Waals surface area contributed by atoms with Crippen molar-refractivity contribution in [2.45, 2.75) is 53.6 Å². The Morgan fingerprint density at radius 2 is 2.00 bits per heavy atom. The summed E-state index contributed by atoms with van der Waals surface area (Å²) in [5.41, 5.74) is 1.43. The van der Waals surface area contributed by atoms with E-state index in [0.717, 1.165) is 6.42 Å². The van der Waals surface area contributed by atoms with Crippen molar-refractivity contribution < 1.29 is 19.1 Å². The highest BCUT2D eigenvalue weighted by Gasteiger charge is 2.25. The van der Waals surface area contributed by atoms with Crippen molar-refractivity contribution in [1.29, 1.82) is 0 Å². The molecule has 0 bridgehead atoms. The monoisotopic (exact) mass is 270 g/mol. The van der Waals surface area contributed by atoms with E-state index in [9.17, 15) is 9.59 Å². The van der Waals surface area contributed by atoms with Gasteiger partial charge in [-0.2, -0.15) is 0 Å². The second kappa shape index (κ2) is 8.10. The average Bonchev–Trinajstić information content (AvgIpc) is 2.12. The van der Waals surface area contributed by atoms with E-state index in [-0.39, 0.29) is 23.3 Å². The summed E-state index contributed by atoms with van der Waals surface area (Å²) < 4.78 is 9.45. The molecule has 0 saturated heterocycles. The van der Waals surface area contributed by atoms with E-state index in [2.05, 4.69) is 13.8 Å². The third kappa shape index (κ3) is 9.42. The summed E-state index contributed by atoms with van der Waals surface area (Å²) in [4.78, 5) is 21.3. The number of hydrogen-bond acceptors (Lipinski definition) is 4. The van der Waals surface area contributed by atoms with Crippen LogP contribution in [0.15, 0.2) is 11.6 Å². The molecule has 19 heavy (non-hydrogen) atoms. The van der Waals surface area contributed by atoms with Gasteiger partial charge in [0.25, 0.3) is 0 Å². The topological polar surface area (TPSA) is 52.6 Å². The molecule has 0 fully saturated rings. The van der Waals surface area contributed by atoms with Crippen molar-refractivity contribution in [2.24, 2.45) is 5.41 Å². The van der Waals surface area contributed by atoms with Gasteiger partial charge in [-0.05, 0) is 31.8 Å². The standard InChI is InChI=1S/C9H14O.C6H12O3/c1-7-4-8(10)6-9(2,3)5-7;1-5(4-8-3)9-6(2)7/h4H,5-6H2,1-3H3;5H,4H2,1-3H3. The van der Waals surface area contributed by atoms with Gasteiger partial charge in [0.2, 0.25) is 0 Å². The predicted octanol–water partition coefficient (Wildman–Crippen LogP) is 2.91. The van der Waals surface area contributed by atoms with Gasteiger partial charge in [-0.3, -0.25) is 9.59 Å². The van der Waals surface area contributed by atoms with Crippen LogP contribution in [0.1, 0.15) is 47.5 Å². The van der Waals surface area contributed by atoms with Crippen LogP contribution in [0, 0.1) is 5.41 Å². The van der Waals surface area contributed by atoms with Crippen LogP contribution in [-0.4, -0.2) is 31.6 Å². The fraction of sp³-hybridized carbons (Fsp3) is 0.733. The first-order valence-electron chi connectivity index (χ1n) is 6.52. The van der Waals surface area contributed by atoms with E-state index < -0.39 is 0 Å². The molecule has 0 aromatic heterocycles. The largest absolute Gasteiger partial charge is 0.460 e. The van der Waals surface area contributed by atoms with Crippen LogP contribution in [0.2, 0.25) is 0 Å². The molecule has 0 spiro atoms. The van der Waals surface area contributed by atoms with Crippen molar-refractivity contribution in [1.82, 2.24) is 0 Å². The first-order valence-corrected chi connectivity index (χ1v) is 6.52. The summed E-state index contributed by atoms with van der Waals surface area (Å²) in [6.07, 6.45) is 3.42. The maximum absolute atomic E-state index is 11.0. The van der Waals surface area contributed by atoms with E-state index >= 15 is 0 Å². The summed E-state index contributed by atoms with van der Waals surface area (Å²) >= 11 is 0. The zero-order valence-corrected chi connectivity index (χ0v) is 12.9. The molecule has 1 unspecified atom stereocenters. The van der Waals surface area contributed by atoms with Crippen LogP contribution in [0.3, 0.4) is 0 Å². The third-order valence-electron chi connectivity index (χ3n) is 2.59. The van der Waals surface area contributed by atoms with Gasteiger partial charge in [0.1, 0.15) is 6.10 Å². The minimum absolute atomic E-state index is 0.132. The molecule has 110 valence electrons. The molecule has 0 radical (unpaired) electrons. The molecule has 0 aliphatic heterocycles. The summed E-state index contributed by atoms with van der Waals surface area (Å²) in [7, 11) is 1.57. The van der Waals surface area contributed by atoms with Gasteiger partial charge < -0.3 is 9.47 Å². The molecule has 4 heteroatoms. The highest BCUT2D eigenvalue weighted by molar-refractivity contribution is 5.91. The number of ether oxygens (including phenoxy) is 2. The highest BCUT2D eigenvalue weighted by atomic mass is 16.6. The van der Waals surface area contributed by atoms with E-state index in [1.165, 1.54) is 12.5 Å². The Kier molecular flexibility index (Phi) is 7.61. The van der Waals surface area contributed by atoms with E-state index in [1.54, 1.807) is 20.1 Å². The van der Waals surface area contributed by atoms with Crippen LogP contribution in [0.5, 0.6) is 0 Å². The molecule has 0 heterocycles. The lowest BCUT2D eigenvalue weighted by Gasteiger charge is -2.27. The quantitative estimate of drug-likeness (QED) is 0.740. The summed E-state index contributed by atoms with van der Waals surface area (Å²) in [6.45, 7) is 9.93. The molecule has 1 aliphatic carbocycles. The van der Waals surface area contributed by atoms with Crippen LogP contribution in [0.4, 0.5) is 0 Å². The van der Waals surface area contributed by atoms with Crippen molar-refractivity contribution in [3.8, 4) is 0 Å². The molecular weight excluding hydrogens is 244 g/mol. The SMILES string of the molecule is CC1=CC(=O)CC(C)(C)C1.COCC(C)OC(C)=O. The minimum Gasteiger partial charge on any atom is -0.460 e. The summed E-state index contributed by atoms with van der Waals surface area (Å²) in [6, 6.07) is 0. The molecule has 0 amide bonds. The zero-order valence-electron chi connectivity index (χ0n) is 12.9. The average molecular weight is 270 g/mol. The number of allylic oxidation sites excluding steroid dienone is 2. The number of ketones is 1. The predicted molar refractivity (Wildman–Crippen MR) is 74.9 cm³/mol. The van der Waals surface area contributed by atoms with E-state index in [4.69, 9.17) is 9.47 Å². The number of esters is 1. The van der Waals surface area contributed by atoms with E-state index in [0.29, 0.717) is 13.0 Å². The number of methoxy groups -OCH3 is 1. The maximum atomic E-state index is 11.0. The maximum Gasteiger partial charge on any atom is 0.302 e. The molecule has 1 rings (SSSR count). The Labute approximate surface area is 116 Å². The van der Waals surface area contributed by atoms with Gasteiger partial charge in [-0.1, -0.05) is 19.4 Å². The van der Waals surface area contributed by atoms with Crippen LogP contribution in [-0.2, 0) is 19.1 Å². The lowest BCUT2D eigenvalue weighted by atomic mass is 9.77. The summed E-state index contributed by atoms with van der Waals surface area (Å²) in [5, 5.41) is 0. The molecule has 4 nitrogen and oxygen atoms in total. The number of hydrogen-bond donors (Lipinski definition) is 0. The Hall–Kier alpha value is -1.16. The van der Waals surface area contributed by atoms with Crippen LogP contribution in [0.25, 0.3) is 0 Å². The fourth-order valence-corrected chi connectivity index (χ4v) is 2.22. The number of carbonyl (C=O) groups is 2. The fourth-order valence-electron chi connectivity index (χ4n) is 2.22. The van der Waals surface area contributed by atoms with Crippen molar-refractivity contribution >= 4 is 11.8 Å². The minimum atomic E-state index is -0.264. The third-order valence-corrected chi connectivity index (χ3v) is 2.59. The molecule has 1 aliphatic rings. The number of rotatable bonds is 3. The highest BCUT2D eigenvalue weighted by Crippen LogP contribution is 2.32. The Balaban J connectivity index is 0.000000344. The summed E-state index contributed by atoms with van der Waals surface area (Å²) in [5.74, 6) is 0.0216. The molecular formula is C15H26O4. The van der Waals surface area contributed by atoms with Crippen molar-refractivity contribution in [2.75, 3.05) is 13.7 Å². The zero-order chi connectivity index (χ0) is 15.1. The van der Waals surface area contributed by atoms with E-state index in [1.807, 2.05) is 6.92 Å². The molecule has 0 aromatic rings. The molecule has 0 aromatic carbocycles. The van der Waals surface area contributed by atoms with Gasteiger partial charge >= 0.3 is 5.97 Å². The van der Waals surface area contributed by atoms with Gasteiger partial charge in [-0.15, -0.1) is 0 Å². The normalized spacial score (nSPS) is 18.8. The van der Waals surface area contributed by atoms with Crippen LogP contribution >= 0.6 is 0 Å². The van der Waals surface area contributed by atoms with Gasteiger partial charge in [0.15, 0.2) is 5.78 Å². The first kappa shape index (κ1) is 17.8. The number of carbonyl (C=O) groups excluding carboxylic acids is 2. The Morgan fingerprint density at radius 3 is 2.37 bits per heavy atom. The van der Waals surface area contributed by atoms with Gasteiger partial charge in [-0.25, -0.2) is 0 Å². The molecule has 0 saturated carbocycles. The second-order valence-corrected chi connectivity index (χ2v) is 5.85.